The molecule has 1 atom stereocenters. The van der Waals surface area contributed by atoms with Crippen LogP contribution >= 0.6 is 0 Å². The van der Waals surface area contributed by atoms with Crippen LogP contribution in [-0.2, 0) is 15.4 Å². The Kier molecular flexibility index (Phi) is 6.42. The first kappa shape index (κ1) is 24.8. The van der Waals surface area contributed by atoms with Crippen LogP contribution in [0.2, 0.25) is 0 Å². The molecule has 4 aromatic rings. The van der Waals surface area contributed by atoms with Crippen LogP contribution in [0, 0.1) is 5.92 Å². The maximum atomic E-state index is 13.3. The molecule has 0 spiro atoms. The van der Waals surface area contributed by atoms with Crippen LogP contribution in [0.3, 0.4) is 0 Å². The maximum absolute atomic E-state index is 13.3. The van der Waals surface area contributed by atoms with Gasteiger partial charge >= 0.3 is 5.63 Å². The van der Waals surface area contributed by atoms with Crippen LogP contribution in [0.5, 0.6) is 5.75 Å². The van der Waals surface area contributed by atoms with E-state index in [0.29, 0.717) is 11.4 Å². The average molecular weight is 516 g/mol. The summed E-state index contributed by atoms with van der Waals surface area (Å²) >= 11 is 0. The van der Waals surface area contributed by atoms with Gasteiger partial charge in [-0.15, -0.1) is 0 Å². The molecule has 0 radical (unpaired) electrons. The van der Waals surface area contributed by atoms with Crippen molar-refractivity contribution in [1.82, 2.24) is 0 Å². The smallest absolute Gasteiger partial charge is 0.343 e. The second kappa shape index (κ2) is 9.56. The lowest BCUT2D eigenvalue weighted by molar-refractivity contribution is 0.365. The Morgan fingerprint density at radius 2 is 1.51 bits per heavy atom. The Bertz CT molecular complexity index is 1560. The quantitative estimate of drug-likeness (QED) is 0.299. The lowest BCUT2D eigenvalue weighted by Crippen LogP contribution is -2.23. The summed E-state index contributed by atoms with van der Waals surface area (Å²) < 4.78 is 33.7. The van der Waals surface area contributed by atoms with E-state index in [2.05, 4.69) is 4.72 Å². The lowest BCUT2D eigenvalue weighted by atomic mass is 9.81. The molecule has 2 N–H and O–H groups in total. The average Bonchev–Trinajstić information content (AvgIpc) is 3.73. The molecule has 1 aliphatic carbocycles. The standard InChI is InChI=1S/C30H29NO5S/c1-30(2,22-9-5-3-6-10-22)26-19-25(32)28(29(33)36-26)27(20-13-14-20)21-15-17-23(18-16-21)31-37(34,35)24-11-7-4-8-12-24/h3-12,15-20,27,31-32H,13-14H2,1-2H3. The van der Waals surface area contributed by atoms with E-state index < -0.39 is 21.1 Å². The normalized spacial score (nSPS) is 14.8. The van der Waals surface area contributed by atoms with Crippen molar-refractivity contribution >= 4 is 15.7 Å². The summed E-state index contributed by atoms with van der Waals surface area (Å²) in [5, 5.41) is 11.1. The van der Waals surface area contributed by atoms with Gasteiger partial charge in [0.2, 0.25) is 0 Å². The van der Waals surface area contributed by atoms with Crippen molar-refractivity contribution in [3.63, 3.8) is 0 Å². The third-order valence-corrected chi connectivity index (χ3v) is 8.45. The molecule has 7 heteroatoms. The van der Waals surface area contributed by atoms with Gasteiger partial charge in [-0.05, 0) is 68.0 Å². The van der Waals surface area contributed by atoms with Crippen molar-refractivity contribution in [2.24, 2.45) is 5.92 Å². The van der Waals surface area contributed by atoms with Gasteiger partial charge < -0.3 is 9.52 Å². The summed E-state index contributed by atoms with van der Waals surface area (Å²) in [6.45, 7) is 3.90. The van der Waals surface area contributed by atoms with Crippen molar-refractivity contribution in [3.8, 4) is 5.75 Å². The summed E-state index contributed by atoms with van der Waals surface area (Å²) in [5.41, 5.74) is 1.29. The number of benzene rings is 3. The fourth-order valence-corrected chi connectivity index (χ4v) is 5.84. The first-order valence-corrected chi connectivity index (χ1v) is 13.8. The SMILES string of the molecule is CC(C)(c1ccccc1)c1cc(O)c(C(c2ccc(NS(=O)(=O)c3ccccc3)cc2)C2CC2)c(=O)o1. The van der Waals surface area contributed by atoms with Crippen molar-refractivity contribution in [3.05, 3.63) is 124 Å². The number of sulfonamides is 1. The van der Waals surface area contributed by atoms with E-state index in [1.807, 2.05) is 44.2 Å². The number of hydrogen-bond donors (Lipinski definition) is 2. The number of nitrogens with one attached hydrogen (secondary N) is 1. The second-order valence-corrected chi connectivity index (χ2v) is 11.7. The molecule has 5 rings (SSSR count). The van der Waals surface area contributed by atoms with E-state index in [-0.39, 0.29) is 28.0 Å². The molecule has 3 aromatic carbocycles. The second-order valence-electron chi connectivity index (χ2n) is 10.0. The minimum absolute atomic E-state index is 0.0824. The summed E-state index contributed by atoms with van der Waals surface area (Å²) in [6.07, 6.45) is 1.87. The minimum atomic E-state index is -3.71. The van der Waals surface area contributed by atoms with Crippen molar-refractivity contribution in [2.75, 3.05) is 4.72 Å². The molecular weight excluding hydrogens is 486 g/mol. The highest BCUT2D eigenvalue weighted by atomic mass is 32.2. The monoisotopic (exact) mass is 515 g/mol. The predicted molar refractivity (Wildman–Crippen MR) is 143 cm³/mol. The van der Waals surface area contributed by atoms with Gasteiger partial charge in [0.05, 0.1) is 10.5 Å². The van der Waals surface area contributed by atoms with Crippen LogP contribution in [-0.4, -0.2) is 13.5 Å². The molecule has 190 valence electrons. The molecule has 1 heterocycles. The molecule has 1 fully saturated rings. The van der Waals surface area contributed by atoms with Crippen molar-refractivity contribution in [1.29, 1.82) is 0 Å². The number of rotatable bonds is 8. The third-order valence-electron chi connectivity index (χ3n) is 7.06. The zero-order valence-corrected chi connectivity index (χ0v) is 21.5. The molecule has 37 heavy (non-hydrogen) atoms. The van der Waals surface area contributed by atoms with Crippen LogP contribution in [0.4, 0.5) is 5.69 Å². The van der Waals surface area contributed by atoms with Crippen LogP contribution in [0.25, 0.3) is 0 Å². The molecule has 1 aliphatic rings. The zero-order valence-electron chi connectivity index (χ0n) is 20.7. The van der Waals surface area contributed by atoms with E-state index in [0.717, 1.165) is 24.0 Å². The largest absolute Gasteiger partial charge is 0.507 e. The molecule has 0 saturated heterocycles. The predicted octanol–water partition coefficient (Wildman–Crippen LogP) is 6.01. The number of anilines is 1. The third kappa shape index (κ3) is 5.04. The summed E-state index contributed by atoms with van der Waals surface area (Å²) in [4.78, 5) is 13.5. The van der Waals surface area contributed by atoms with Crippen LogP contribution in [0.1, 0.15) is 55.1 Å². The Morgan fingerprint density at radius 1 is 0.919 bits per heavy atom. The van der Waals surface area contributed by atoms with Crippen LogP contribution in [0.15, 0.2) is 105 Å². The van der Waals surface area contributed by atoms with Gasteiger partial charge in [0, 0.05) is 23.1 Å². The number of aromatic hydroxyl groups is 1. The molecule has 0 aliphatic heterocycles. The van der Waals surface area contributed by atoms with Gasteiger partial charge in [0.25, 0.3) is 10.0 Å². The highest BCUT2D eigenvalue weighted by Crippen LogP contribution is 2.48. The fraction of sp³-hybridized carbons (Fsp3) is 0.233. The summed E-state index contributed by atoms with van der Waals surface area (Å²) in [7, 11) is -3.71. The van der Waals surface area contributed by atoms with Gasteiger partial charge in [0.1, 0.15) is 11.5 Å². The van der Waals surface area contributed by atoms with Gasteiger partial charge in [-0.25, -0.2) is 13.2 Å². The van der Waals surface area contributed by atoms with Crippen LogP contribution < -0.4 is 10.3 Å². The Hall–Kier alpha value is -3.84. The molecule has 0 amide bonds. The molecule has 1 aromatic heterocycles. The summed E-state index contributed by atoms with van der Waals surface area (Å²) in [6, 6.07) is 26.4. The minimum Gasteiger partial charge on any atom is -0.507 e. The maximum Gasteiger partial charge on any atom is 0.343 e. The molecule has 1 unspecified atom stereocenters. The van der Waals surface area contributed by atoms with E-state index in [1.54, 1.807) is 48.5 Å². The van der Waals surface area contributed by atoms with E-state index in [4.69, 9.17) is 4.42 Å². The van der Waals surface area contributed by atoms with E-state index in [1.165, 1.54) is 12.1 Å². The Labute approximate surface area is 216 Å². The van der Waals surface area contributed by atoms with E-state index >= 15 is 0 Å². The molecule has 1 saturated carbocycles. The first-order chi connectivity index (χ1) is 17.7. The zero-order chi connectivity index (χ0) is 26.2. The Balaban J connectivity index is 1.45. The first-order valence-electron chi connectivity index (χ1n) is 12.3. The molecule has 6 nitrogen and oxygen atoms in total. The highest BCUT2D eigenvalue weighted by Gasteiger charge is 2.38. The van der Waals surface area contributed by atoms with E-state index in [9.17, 15) is 18.3 Å². The highest BCUT2D eigenvalue weighted by molar-refractivity contribution is 7.92. The lowest BCUT2D eigenvalue weighted by Gasteiger charge is -2.25. The van der Waals surface area contributed by atoms with Crippen molar-refractivity contribution < 1.29 is 17.9 Å². The fourth-order valence-electron chi connectivity index (χ4n) is 4.76. The van der Waals surface area contributed by atoms with Crippen molar-refractivity contribution in [2.45, 2.75) is 42.9 Å². The molecular formula is C30H29NO5S. The van der Waals surface area contributed by atoms with Gasteiger partial charge in [-0.3, -0.25) is 4.72 Å². The Morgan fingerprint density at radius 3 is 2.08 bits per heavy atom. The number of hydrogen-bond acceptors (Lipinski definition) is 5. The van der Waals surface area contributed by atoms with Gasteiger partial charge in [-0.1, -0.05) is 60.7 Å². The molecule has 0 bridgehead atoms. The summed E-state index contributed by atoms with van der Waals surface area (Å²) in [5.74, 6) is 0.171. The van der Waals surface area contributed by atoms with Gasteiger partial charge in [-0.2, -0.15) is 0 Å². The van der Waals surface area contributed by atoms with Gasteiger partial charge in [0.15, 0.2) is 0 Å². The topological polar surface area (TPSA) is 96.6 Å².